The lowest BCUT2D eigenvalue weighted by atomic mass is 10.2. The molecular formula is C15H15F4N3O2S. The maximum Gasteiger partial charge on any atom is 0.451 e. The fraction of sp³-hybridized carbons (Fsp3) is 0.400. The predicted molar refractivity (Wildman–Crippen MR) is 82.5 cm³/mol. The number of rotatable bonds is 6. The molecule has 0 aliphatic carbocycles. The van der Waals surface area contributed by atoms with Crippen molar-refractivity contribution in [2.24, 2.45) is 0 Å². The number of esters is 1. The molecule has 2 rings (SSSR count). The van der Waals surface area contributed by atoms with Crippen LogP contribution in [0.3, 0.4) is 0 Å². The summed E-state index contributed by atoms with van der Waals surface area (Å²) < 4.78 is 58.2. The highest BCUT2D eigenvalue weighted by molar-refractivity contribution is 8.00. The van der Waals surface area contributed by atoms with Gasteiger partial charge >= 0.3 is 12.1 Å². The van der Waals surface area contributed by atoms with Gasteiger partial charge in [0.15, 0.2) is 5.16 Å². The van der Waals surface area contributed by atoms with Crippen LogP contribution in [0.1, 0.15) is 25.2 Å². The number of hydrogen-bond donors (Lipinski definition) is 0. The molecule has 1 aromatic heterocycles. The quantitative estimate of drug-likeness (QED) is 0.438. The monoisotopic (exact) mass is 377 g/mol. The van der Waals surface area contributed by atoms with Gasteiger partial charge in [-0.05, 0) is 31.5 Å². The summed E-state index contributed by atoms with van der Waals surface area (Å²) in [5.74, 6) is -2.23. The van der Waals surface area contributed by atoms with E-state index in [-0.39, 0.29) is 18.3 Å². The van der Waals surface area contributed by atoms with Crippen molar-refractivity contribution in [2.75, 3.05) is 6.61 Å². The van der Waals surface area contributed by atoms with Crippen LogP contribution in [0.25, 0.3) is 0 Å². The number of carbonyl (C=O) groups excluding carboxylic acids is 1. The van der Waals surface area contributed by atoms with E-state index in [4.69, 9.17) is 4.74 Å². The number of carbonyl (C=O) groups is 1. The topological polar surface area (TPSA) is 57.0 Å². The Balaban J connectivity index is 2.32. The van der Waals surface area contributed by atoms with Crippen molar-refractivity contribution in [3.8, 4) is 0 Å². The first kappa shape index (κ1) is 19.2. The molecule has 1 atom stereocenters. The molecule has 25 heavy (non-hydrogen) atoms. The van der Waals surface area contributed by atoms with E-state index in [9.17, 15) is 22.4 Å². The van der Waals surface area contributed by atoms with Gasteiger partial charge in [0.25, 0.3) is 0 Å². The number of nitrogens with zero attached hydrogens (tertiary/aromatic N) is 3. The molecule has 0 unspecified atom stereocenters. The van der Waals surface area contributed by atoms with E-state index < -0.39 is 29.0 Å². The lowest BCUT2D eigenvalue weighted by Gasteiger charge is -2.14. The van der Waals surface area contributed by atoms with Crippen LogP contribution in [0.15, 0.2) is 29.4 Å². The van der Waals surface area contributed by atoms with E-state index >= 15 is 0 Å². The lowest BCUT2D eigenvalue weighted by molar-refractivity contribution is -0.147. The van der Waals surface area contributed by atoms with Gasteiger partial charge in [0.05, 0.1) is 13.2 Å². The van der Waals surface area contributed by atoms with Gasteiger partial charge in [0.1, 0.15) is 11.1 Å². The van der Waals surface area contributed by atoms with Gasteiger partial charge in [-0.15, -0.1) is 10.2 Å². The van der Waals surface area contributed by atoms with Crippen LogP contribution in [0.2, 0.25) is 0 Å². The van der Waals surface area contributed by atoms with Crippen molar-refractivity contribution >= 4 is 17.7 Å². The van der Waals surface area contributed by atoms with Crippen LogP contribution < -0.4 is 0 Å². The second kappa shape index (κ2) is 7.85. The Labute approximate surface area is 145 Å². The average molecular weight is 377 g/mol. The van der Waals surface area contributed by atoms with Gasteiger partial charge in [-0.2, -0.15) is 13.2 Å². The Morgan fingerprint density at radius 1 is 1.28 bits per heavy atom. The first-order valence-corrected chi connectivity index (χ1v) is 8.18. The number of thioether (sulfide) groups is 1. The van der Waals surface area contributed by atoms with E-state index in [1.165, 1.54) is 19.1 Å². The number of ether oxygens (including phenoxy) is 1. The molecule has 5 nitrogen and oxygen atoms in total. The molecule has 0 saturated heterocycles. The Morgan fingerprint density at radius 2 is 1.92 bits per heavy atom. The number of benzene rings is 1. The average Bonchev–Trinajstić information content (AvgIpc) is 2.92. The number of halogens is 4. The molecular weight excluding hydrogens is 362 g/mol. The summed E-state index contributed by atoms with van der Waals surface area (Å²) in [6.07, 6.45) is -4.71. The third kappa shape index (κ3) is 4.94. The second-order valence-corrected chi connectivity index (χ2v) is 6.34. The molecule has 0 fully saturated rings. The molecule has 0 N–H and O–H groups in total. The first-order valence-electron chi connectivity index (χ1n) is 7.30. The molecule has 1 aromatic carbocycles. The number of aromatic nitrogens is 3. The fourth-order valence-electron chi connectivity index (χ4n) is 1.97. The van der Waals surface area contributed by atoms with Crippen LogP contribution in [0.5, 0.6) is 0 Å². The Bertz CT molecular complexity index is 731. The molecule has 0 bridgehead atoms. The van der Waals surface area contributed by atoms with Crippen LogP contribution in [-0.4, -0.2) is 32.6 Å². The molecule has 1 heterocycles. The zero-order valence-electron chi connectivity index (χ0n) is 13.4. The van der Waals surface area contributed by atoms with Crippen LogP contribution in [0.4, 0.5) is 17.6 Å². The van der Waals surface area contributed by atoms with E-state index in [1.807, 2.05) is 0 Å². The summed E-state index contributed by atoms with van der Waals surface area (Å²) in [6.45, 7) is 3.10. The molecule has 0 radical (unpaired) electrons. The number of alkyl halides is 3. The minimum absolute atomic E-state index is 0.0720. The van der Waals surface area contributed by atoms with Gasteiger partial charge < -0.3 is 4.74 Å². The maximum absolute atomic E-state index is 13.2. The maximum atomic E-state index is 13.2. The van der Waals surface area contributed by atoms with Crippen LogP contribution >= 0.6 is 11.8 Å². The SMILES string of the molecule is CCOC(=O)[C@@H](C)Sc1nnc(C(F)(F)F)n1Cc1ccc(F)cc1. The number of hydrogen-bond acceptors (Lipinski definition) is 5. The van der Waals surface area contributed by atoms with Crippen molar-refractivity contribution in [1.82, 2.24) is 14.8 Å². The molecule has 0 amide bonds. The minimum Gasteiger partial charge on any atom is -0.465 e. The van der Waals surface area contributed by atoms with Crippen LogP contribution in [0, 0.1) is 5.82 Å². The first-order chi connectivity index (χ1) is 11.7. The summed E-state index contributed by atoms with van der Waals surface area (Å²) >= 11 is 0.818. The van der Waals surface area contributed by atoms with Gasteiger partial charge in [-0.1, -0.05) is 23.9 Å². The van der Waals surface area contributed by atoms with Crippen molar-refractivity contribution in [2.45, 2.75) is 37.0 Å². The standard InChI is InChI=1S/C15H15F4N3O2S/c1-3-24-12(23)9(2)25-14-21-20-13(15(17,18)19)22(14)8-10-4-6-11(16)7-5-10/h4-7,9H,3,8H2,1-2H3/t9-/m1/s1. The third-order valence-corrected chi connectivity index (χ3v) is 4.18. The summed E-state index contributed by atoms with van der Waals surface area (Å²) in [5.41, 5.74) is 0.442. The largest absolute Gasteiger partial charge is 0.465 e. The molecule has 10 heteroatoms. The van der Waals surface area contributed by atoms with Gasteiger partial charge in [-0.25, -0.2) is 4.39 Å². The molecule has 0 saturated carbocycles. The summed E-state index contributed by atoms with van der Waals surface area (Å²) in [6, 6.07) is 5.05. The Hall–Kier alpha value is -2.10. The van der Waals surface area contributed by atoms with Gasteiger partial charge in [-0.3, -0.25) is 9.36 Å². The fourth-order valence-corrected chi connectivity index (χ4v) is 2.81. The highest BCUT2D eigenvalue weighted by Gasteiger charge is 2.39. The zero-order valence-corrected chi connectivity index (χ0v) is 14.2. The molecule has 2 aromatic rings. The van der Waals surface area contributed by atoms with Crippen LogP contribution in [-0.2, 0) is 22.3 Å². The third-order valence-electron chi connectivity index (χ3n) is 3.13. The molecule has 0 aliphatic rings. The van der Waals surface area contributed by atoms with Crippen molar-refractivity contribution in [1.29, 1.82) is 0 Å². The Kier molecular flexibility index (Phi) is 6.04. The van der Waals surface area contributed by atoms with Crippen molar-refractivity contribution in [3.63, 3.8) is 0 Å². The van der Waals surface area contributed by atoms with E-state index in [2.05, 4.69) is 10.2 Å². The predicted octanol–water partition coefficient (Wildman–Crippen LogP) is 3.53. The minimum atomic E-state index is -4.71. The van der Waals surface area contributed by atoms with E-state index in [0.717, 1.165) is 28.5 Å². The van der Waals surface area contributed by atoms with Gasteiger partial charge in [0.2, 0.25) is 5.82 Å². The summed E-state index contributed by atoms with van der Waals surface area (Å²) in [5, 5.41) is 5.93. The summed E-state index contributed by atoms with van der Waals surface area (Å²) in [7, 11) is 0. The zero-order chi connectivity index (χ0) is 18.6. The van der Waals surface area contributed by atoms with Gasteiger partial charge in [0, 0.05) is 0 Å². The Morgan fingerprint density at radius 3 is 2.48 bits per heavy atom. The van der Waals surface area contributed by atoms with Crippen molar-refractivity contribution < 1.29 is 27.1 Å². The van der Waals surface area contributed by atoms with Crippen molar-refractivity contribution in [3.05, 3.63) is 41.5 Å². The molecule has 0 aliphatic heterocycles. The smallest absolute Gasteiger partial charge is 0.451 e. The highest BCUT2D eigenvalue weighted by Crippen LogP contribution is 2.32. The highest BCUT2D eigenvalue weighted by atomic mass is 32.2. The lowest BCUT2D eigenvalue weighted by Crippen LogP contribution is -2.19. The normalized spacial score (nSPS) is 12.9. The molecule has 0 spiro atoms. The van der Waals surface area contributed by atoms with E-state index in [0.29, 0.717) is 5.56 Å². The van der Waals surface area contributed by atoms with E-state index in [1.54, 1.807) is 6.92 Å². The summed E-state index contributed by atoms with van der Waals surface area (Å²) in [4.78, 5) is 11.7. The second-order valence-electron chi connectivity index (χ2n) is 5.03. The molecule has 136 valence electrons.